The Morgan fingerprint density at radius 3 is 2.47 bits per heavy atom. The molecule has 1 atom stereocenters. The molecule has 0 nitrogen and oxygen atoms in total. The lowest BCUT2D eigenvalue weighted by molar-refractivity contribution is 0.786. The Morgan fingerprint density at radius 1 is 1.12 bits per heavy atom. The summed E-state index contributed by atoms with van der Waals surface area (Å²) < 4.78 is 0.840. The van der Waals surface area contributed by atoms with Crippen molar-refractivity contribution < 1.29 is 0 Å². The van der Waals surface area contributed by atoms with Crippen molar-refractivity contribution in [3.05, 3.63) is 56.2 Å². The van der Waals surface area contributed by atoms with E-state index >= 15 is 0 Å². The summed E-state index contributed by atoms with van der Waals surface area (Å²) in [5.41, 5.74) is 1.19. The van der Waals surface area contributed by atoms with Gasteiger partial charge in [-0.1, -0.05) is 57.3 Å². The van der Waals surface area contributed by atoms with Gasteiger partial charge in [-0.2, -0.15) is 0 Å². The van der Waals surface area contributed by atoms with E-state index in [0.29, 0.717) is 5.92 Å². The number of thiophene rings is 1. The maximum Gasteiger partial charge on any atom is 0.0931 e. The minimum atomic E-state index is 0.387. The predicted molar refractivity (Wildman–Crippen MR) is 81.0 cm³/mol. The number of halogens is 3. The normalized spacial score (nSPS) is 12.6. The number of alkyl halides is 1. The summed E-state index contributed by atoms with van der Waals surface area (Å²) in [7, 11) is 0. The highest BCUT2D eigenvalue weighted by Crippen LogP contribution is 2.32. The first kappa shape index (κ1) is 13.4. The smallest absolute Gasteiger partial charge is 0.0931 e. The van der Waals surface area contributed by atoms with Crippen LogP contribution in [0.4, 0.5) is 0 Å². The number of rotatable bonds is 4. The molecule has 0 aliphatic heterocycles. The van der Waals surface area contributed by atoms with Crippen molar-refractivity contribution in [3.63, 3.8) is 0 Å². The molecule has 90 valence electrons. The van der Waals surface area contributed by atoms with Gasteiger partial charge in [0.25, 0.3) is 0 Å². The van der Waals surface area contributed by atoms with Crippen LogP contribution in [0.15, 0.2) is 36.4 Å². The number of benzene rings is 1. The Bertz CT molecular complexity index is 496. The zero-order valence-electron chi connectivity index (χ0n) is 9.00. The Balaban J connectivity index is 2.20. The highest BCUT2D eigenvalue weighted by Gasteiger charge is 2.14. The molecule has 0 saturated heterocycles. The van der Waals surface area contributed by atoms with E-state index in [1.54, 1.807) is 11.3 Å². The second-order valence-electron chi connectivity index (χ2n) is 3.78. The molecule has 4 heteroatoms. The fourth-order valence-electron chi connectivity index (χ4n) is 1.76. The van der Waals surface area contributed by atoms with E-state index in [2.05, 4.69) is 28.1 Å². The Kier molecular flexibility index (Phi) is 4.92. The van der Waals surface area contributed by atoms with Gasteiger partial charge in [0, 0.05) is 15.2 Å². The van der Waals surface area contributed by atoms with Crippen LogP contribution in [-0.4, -0.2) is 5.33 Å². The molecule has 1 aromatic carbocycles. The number of hydrogen-bond acceptors (Lipinski definition) is 1. The molecule has 0 aliphatic carbocycles. The molecule has 0 aliphatic rings. The second kappa shape index (κ2) is 6.24. The molecule has 1 heterocycles. The average molecular weight is 350 g/mol. The van der Waals surface area contributed by atoms with Crippen molar-refractivity contribution in [1.82, 2.24) is 0 Å². The fourth-order valence-corrected chi connectivity index (χ4v) is 3.79. The predicted octanol–water partition coefficient (Wildman–Crippen LogP) is 5.78. The summed E-state index contributed by atoms with van der Waals surface area (Å²) in [6.07, 6.45) is 0.965. The molecule has 0 amide bonds. The monoisotopic (exact) mass is 348 g/mol. The van der Waals surface area contributed by atoms with Crippen LogP contribution in [0.5, 0.6) is 0 Å². The summed E-state index contributed by atoms with van der Waals surface area (Å²) in [5.74, 6) is 0.387. The third-order valence-electron chi connectivity index (χ3n) is 2.61. The first-order valence-electron chi connectivity index (χ1n) is 5.25. The maximum atomic E-state index is 6.23. The van der Waals surface area contributed by atoms with Gasteiger partial charge in [0.2, 0.25) is 0 Å². The maximum absolute atomic E-state index is 6.23. The van der Waals surface area contributed by atoms with Gasteiger partial charge in [0.05, 0.1) is 4.34 Å². The average Bonchev–Trinajstić information content (AvgIpc) is 2.73. The quantitative estimate of drug-likeness (QED) is 0.614. The summed E-state index contributed by atoms with van der Waals surface area (Å²) in [5, 5.41) is 1.73. The van der Waals surface area contributed by atoms with Gasteiger partial charge in [-0.05, 0) is 36.1 Å². The second-order valence-corrected chi connectivity index (χ2v) is 6.64. The van der Waals surface area contributed by atoms with E-state index in [1.807, 2.05) is 24.3 Å². The highest BCUT2D eigenvalue weighted by molar-refractivity contribution is 9.09. The zero-order valence-corrected chi connectivity index (χ0v) is 12.9. The molecule has 2 rings (SSSR count). The van der Waals surface area contributed by atoms with Gasteiger partial charge >= 0.3 is 0 Å². The standard InChI is InChI=1S/C13H11BrCl2S/c14-8-9(7-10-5-6-13(16)17-10)11-3-1-2-4-12(11)15/h1-6,9H,7-8H2. The van der Waals surface area contributed by atoms with Crippen LogP contribution in [0, 0.1) is 0 Å². The van der Waals surface area contributed by atoms with Crippen LogP contribution in [0.25, 0.3) is 0 Å². The van der Waals surface area contributed by atoms with Crippen molar-refractivity contribution in [2.24, 2.45) is 0 Å². The van der Waals surface area contributed by atoms with Gasteiger partial charge in [0.15, 0.2) is 0 Å². The third-order valence-corrected chi connectivity index (χ3v) is 4.99. The Labute approximate surface area is 124 Å². The van der Waals surface area contributed by atoms with Crippen molar-refractivity contribution in [2.75, 3.05) is 5.33 Å². The molecule has 0 saturated carbocycles. The zero-order chi connectivity index (χ0) is 12.3. The van der Waals surface area contributed by atoms with Crippen LogP contribution in [0.3, 0.4) is 0 Å². The SMILES string of the molecule is Clc1ccc(CC(CBr)c2ccccc2Cl)s1. The number of hydrogen-bond donors (Lipinski definition) is 0. The van der Waals surface area contributed by atoms with Crippen LogP contribution in [0.2, 0.25) is 9.36 Å². The largest absolute Gasteiger partial charge is 0.128 e. The van der Waals surface area contributed by atoms with Crippen molar-refractivity contribution in [2.45, 2.75) is 12.3 Å². The lowest BCUT2D eigenvalue weighted by Crippen LogP contribution is -2.04. The molecule has 0 spiro atoms. The Hall–Kier alpha value is -0.0200. The minimum absolute atomic E-state index is 0.387. The topological polar surface area (TPSA) is 0 Å². The summed E-state index contributed by atoms with van der Waals surface area (Å²) in [6, 6.07) is 12.0. The minimum Gasteiger partial charge on any atom is -0.128 e. The van der Waals surface area contributed by atoms with E-state index in [1.165, 1.54) is 10.4 Å². The first-order chi connectivity index (χ1) is 8.20. The van der Waals surface area contributed by atoms with Crippen LogP contribution < -0.4 is 0 Å². The molecule has 0 radical (unpaired) electrons. The third kappa shape index (κ3) is 3.47. The van der Waals surface area contributed by atoms with Gasteiger partial charge in [0.1, 0.15) is 0 Å². The van der Waals surface area contributed by atoms with Gasteiger partial charge < -0.3 is 0 Å². The molecule has 0 fully saturated rings. The lowest BCUT2D eigenvalue weighted by Gasteiger charge is -2.14. The molecule has 17 heavy (non-hydrogen) atoms. The lowest BCUT2D eigenvalue weighted by atomic mass is 9.97. The summed E-state index contributed by atoms with van der Waals surface area (Å²) in [6.45, 7) is 0. The van der Waals surface area contributed by atoms with Crippen molar-refractivity contribution in [1.29, 1.82) is 0 Å². The summed E-state index contributed by atoms with van der Waals surface area (Å²) >= 11 is 17.4. The molecule has 2 aromatic rings. The molecule has 1 aromatic heterocycles. The molecule has 0 N–H and O–H groups in total. The van der Waals surface area contributed by atoms with Crippen LogP contribution >= 0.6 is 50.5 Å². The first-order valence-corrected chi connectivity index (χ1v) is 7.94. The van der Waals surface area contributed by atoms with Crippen LogP contribution in [0.1, 0.15) is 16.4 Å². The van der Waals surface area contributed by atoms with Crippen LogP contribution in [-0.2, 0) is 6.42 Å². The molecule has 0 bridgehead atoms. The molecule has 1 unspecified atom stereocenters. The molecular weight excluding hydrogens is 339 g/mol. The summed E-state index contributed by atoms with van der Waals surface area (Å²) in [4.78, 5) is 1.29. The van der Waals surface area contributed by atoms with Crippen molar-refractivity contribution in [3.8, 4) is 0 Å². The van der Waals surface area contributed by atoms with E-state index in [-0.39, 0.29) is 0 Å². The van der Waals surface area contributed by atoms with Gasteiger partial charge in [-0.15, -0.1) is 11.3 Å². The van der Waals surface area contributed by atoms with Gasteiger partial charge in [-0.25, -0.2) is 0 Å². The fraction of sp³-hybridized carbons (Fsp3) is 0.231. The molecular formula is C13H11BrCl2S. The van der Waals surface area contributed by atoms with E-state index in [9.17, 15) is 0 Å². The van der Waals surface area contributed by atoms with E-state index < -0.39 is 0 Å². The Morgan fingerprint density at radius 2 is 1.88 bits per heavy atom. The van der Waals surface area contributed by atoms with E-state index in [4.69, 9.17) is 23.2 Å². The van der Waals surface area contributed by atoms with Crippen molar-refractivity contribution >= 4 is 50.5 Å². The highest BCUT2D eigenvalue weighted by atomic mass is 79.9. The van der Waals surface area contributed by atoms with E-state index in [0.717, 1.165) is 21.1 Å². The van der Waals surface area contributed by atoms with Gasteiger partial charge in [-0.3, -0.25) is 0 Å².